The summed E-state index contributed by atoms with van der Waals surface area (Å²) >= 11 is 0. The molecule has 2 heterocycles. The summed E-state index contributed by atoms with van der Waals surface area (Å²) in [6.45, 7) is 0. The number of benzene rings is 12. The van der Waals surface area contributed by atoms with E-state index < -0.39 is 0 Å². The lowest BCUT2D eigenvalue weighted by atomic mass is 9.96. The van der Waals surface area contributed by atoms with Crippen molar-refractivity contribution >= 4 is 93.1 Å². The highest BCUT2D eigenvalue weighted by Gasteiger charge is 2.20. The van der Waals surface area contributed by atoms with Crippen LogP contribution in [0.3, 0.4) is 0 Å². The zero-order valence-electron chi connectivity index (χ0n) is 37.6. The first kappa shape index (κ1) is 39.0. The van der Waals surface area contributed by atoms with Crippen LogP contribution in [0.2, 0.25) is 0 Å². The van der Waals surface area contributed by atoms with Gasteiger partial charge in [0.15, 0.2) is 0 Å². The molecule has 0 fully saturated rings. The van der Waals surface area contributed by atoms with Crippen LogP contribution < -0.4 is 4.90 Å². The number of rotatable bonds is 7. The fraction of sp³-hybridized carbons (Fsp3) is 0. The summed E-state index contributed by atoms with van der Waals surface area (Å²) in [5, 5.41) is 12.1. The molecule has 14 rings (SSSR count). The van der Waals surface area contributed by atoms with E-state index in [-0.39, 0.29) is 0 Å². The fourth-order valence-electron chi connectivity index (χ4n) is 10.8. The highest BCUT2D eigenvalue weighted by molar-refractivity contribution is 6.16. The Labute approximate surface area is 399 Å². The molecule has 3 nitrogen and oxygen atoms in total. The van der Waals surface area contributed by atoms with Crippen LogP contribution in [0.25, 0.3) is 115 Å². The lowest BCUT2D eigenvalue weighted by Crippen LogP contribution is -2.11. The summed E-state index contributed by atoms with van der Waals surface area (Å²) in [5.41, 5.74) is 15.4. The second kappa shape index (κ2) is 15.7. The molecule has 0 atom stereocenters. The van der Waals surface area contributed by atoms with Gasteiger partial charge in [0, 0.05) is 49.6 Å². The Morgan fingerprint density at radius 2 is 0.826 bits per heavy atom. The Morgan fingerprint density at radius 3 is 1.55 bits per heavy atom. The van der Waals surface area contributed by atoms with E-state index in [0.29, 0.717) is 0 Å². The predicted octanol–water partition coefficient (Wildman–Crippen LogP) is 18.6. The summed E-state index contributed by atoms with van der Waals surface area (Å²) in [4.78, 5) is 2.39. The van der Waals surface area contributed by atoms with Crippen molar-refractivity contribution in [3.05, 3.63) is 255 Å². The number of fused-ring (bicyclic) bond motifs is 11. The van der Waals surface area contributed by atoms with Crippen LogP contribution in [0, 0.1) is 0 Å². The smallest absolute Gasteiger partial charge is 0.143 e. The van der Waals surface area contributed by atoms with Gasteiger partial charge in [0.2, 0.25) is 0 Å². The van der Waals surface area contributed by atoms with E-state index in [1.807, 2.05) is 0 Å². The minimum atomic E-state index is 0.875. The first-order chi connectivity index (χ1) is 34.2. The molecule has 14 aromatic rings. The second-order valence-electron chi connectivity index (χ2n) is 18.1. The van der Waals surface area contributed by atoms with Gasteiger partial charge in [0.1, 0.15) is 11.2 Å². The first-order valence-corrected chi connectivity index (χ1v) is 23.6. The minimum Gasteiger partial charge on any atom is -0.455 e. The Balaban J connectivity index is 0.885. The lowest BCUT2D eigenvalue weighted by Gasteiger charge is -2.28. The maximum Gasteiger partial charge on any atom is 0.143 e. The standard InChI is InChI=1S/C66H42N2O/c1-3-16-54-45(12-1)24-25-47-26-27-49(41-61(47)54)44-30-36-52(37-31-44)67(62-21-8-5-17-55(62)50-33-38-59-60-39-32-46-13-2-4-18-56(46)66(60)69-65(59)42-50)51-34-28-43(29-35-51)48-14-11-15-53(40-48)68-63-22-9-6-19-57(63)58-20-7-10-23-64(58)68/h1-42H. The number of para-hydroxylation sites is 3. The van der Waals surface area contributed by atoms with Crippen LogP contribution in [0.5, 0.6) is 0 Å². The zero-order valence-corrected chi connectivity index (χ0v) is 37.6. The molecular weight excluding hydrogens is 837 g/mol. The zero-order chi connectivity index (χ0) is 45.4. The number of aromatic nitrogens is 1. The molecule has 0 bridgehead atoms. The van der Waals surface area contributed by atoms with Crippen LogP contribution in [0.4, 0.5) is 17.1 Å². The molecule has 0 radical (unpaired) electrons. The molecule has 0 aliphatic heterocycles. The van der Waals surface area contributed by atoms with Crippen molar-refractivity contribution in [3.63, 3.8) is 0 Å². The molecule has 0 aliphatic rings. The van der Waals surface area contributed by atoms with Crippen LogP contribution >= 0.6 is 0 Å². The number of hydrogen-bond acceptors (Lipinski definition) is 2. The molecule has 322 valence electrons. The summed E-state index contributed by atoms with van der Waals surface area (Å²) in [5.74, 6) is 0. The summed E-state index contributed by atoms with van der Waals surface area (Å²) in [6.07, 6.45) is 0. The van der Waals surface area contributed by atoms with E-state index in [9.17, 15) is 0 Å². The Bertz CT molecular complexity index is 4260. The third-order valence-electron chi connectivity index (χ3n) is 14.2. The van der Waals surface area contributed by atoms with Crippen molar-refractivity contribution in [1.82, 2.24) is 4.57 Å². The van der Waals surface area contributed by atoms with Crippen LogP contribution in [0.15, 0.2) is 259 Å². The van der Waals surface area contributed by atoms with E-state index in [1.165, 1.54) is 59.9 Å². The average molecular weight is 879 g/mol. The molecule has 0 spiro atoms. The molecule has 2 aromatic heterocycles. The van der Waals surface area contributed by atoms with Gasteiger partial charge in [0.25, 0.3) is 0 Å². The molecule has 0 aliphatic carbocycles. The molecule has 0 amide bonds. The van der Waals surface area contributed by atoms with Crippen molar-refractivity contribution in [2.24, 2.45) is 0 Å². The van der Waals surface area contributed by atoms with Gasteiger partial charge < -0.3 is 13.9 Å². The monoisotopic (exact) mass is 878 g/mol. The SMILES string of the molecule is c1cc(-c2ccc(N(c3ccc(-c4ccc5ccc6ccccc6c5c4)cc3)c3ccccc3-c3ccc4c(c3)oc3c5ccccc5ccc43)cc2)cc(-n2c3ccccc3c3ccccc32)c1. The van der Waals surface area contributed by atoms with Gasteiger partial charge in [-0.05, 0) is 134 Å². The lowest BCUT2D eigenvalue weighted by molar-refractivity contribution is 0.673. The molecule has 0 saturated carbocycles. The summed E-state index contributed by atoms with van der Waals surface area (Å²) < 4.78 is 9.10. The molecule has 0 N–H and O–H groups in total. The maximum absolute atomic E-state index is 6.72. The number of hydrogen-bond donors (Lipinski definition) is 0. The first-order valence-electron chi connectivity index (χ1n) is 23.6. The van der Waals surface area contributed by atoms with Gasteiger partial charge in [-0.25, -0.2) is 0 Å². The third kappa shape index (κ3) is 6.43. The number of furan rings is 1. The largest absolute Gasteiger partial charge is 0.455 e. The predicted molar refractivity (Wildman–Crippen MR) is 292 cm³/mol. The Kier molecular flexibility index (Phi) is 8.90. The van der Waals surface area contributed by atoms with Crippen molar-refractivity contribution in [2.45, 2.75) is 0 Å². The van der Waals surface area contributed by atoms with Crippen LogP contribution in [-0.4, -0.2) is 4.57 Å². The quantitative estimate of drug-likeness (QED) is 0.149. The molecule has 3 heteroatoms. The van der Waals surface area contributed by atoms with Gasteiger partial charge >= 0.3 is 0 Å². The van der Waals surface area contributed by atoms with E-state index in [4.69, 9.17) is 4.42 Å². The van der Waals surface area contributed by atoms with Crippen molar-refractivity contribution in [1.29, 1.82) is 0 Å². The van der Waals surface area contributed by atoms with E-state index in [0.717, 1.165) is 72.3 Å². The molecule has 0 saturated heterocycles. The topological polar surface area (TPSA) is 21.3 Å². The summed E-state index contributed by atoms with van der Waals surface area (Å²) in [6, 6.07) is 92.5. The van der Waals surface area contributed by atoms with Gasteiger partial charge in [-0.2, -0.15) is 0 Å². The molecule has 12 aromatic carbocycles. The van der Waals surface area contributed by atoms with Crippen molar-refractivity contribution in [2.75, 3.05) is 4.90 Å². The van der Waals surface area contributed by atoms with Crippen molar-refractivity contribution in [3.8, 4) is 39.1 Å². The average Bonchev–Trinajstić information content (AvgIpc) is 3.97. The van der Waals surface area contributed by atoms with Gasteiger partial charge in [0.05, 0.1) is 16.7 Å². The van der Waals surface area contributed by atoms with E-state index in [1.54, 1.807) is 0 Å². The third-order valence-corrected chi connectivity index (χ3v) is 14.2. The highest BCUT2D eigenvalue weighted by atomic mass is 16.3. The van der Waals surface area contributed by atoms with Gasteiger partial charge in [-0.1, -0.05) is 176 Å². The normalized spacial score (nSPS) is 11.8. The Morgan fingerprint density at radius 1 is 0.304 bits per heavy atom. The molecule has 69 heavy (non-hydrogen) atoms. The molecule has 0 unspecified atom stereocenters. The van der Waals surface area contributed by atoms with Crippen molar-refractivity contribution < 1.29 is 4.42 Å². The molecular formula is C66H42N2O. The Hall–Kier alpha value is -9.18. The van der Waals surface area contributed by atoms with Crippen LogP contribution in [-0.2, 0) is 0 Å². The van der Waals surface area contributed by atoms with Gasteiger partial charge in [-0.3, -0.25) is 0 Å². The maximum atomic E-state index is 6.72. The second-order valence-corrected chi connectivity index (χ2v) is 18.1. The fourth-order valence-corrected chi connectivity index (χ4v) is 10.8. The van der Waals surface area contributed by atoms with E-state index in [2.05, 4.69) is 264 Å². The number of anilines is 3. The van der Waals surface area contributed by atoms with Crippen LogP contribution in [0.1, 0.15) is 0 Å². The minimum absolute atomic E-state index is 0.875. The van der Waals surface area contributed by atoms with Gasteiger partial charge in [-0.15, -0.1) is 0 Å². The van der Waals surface area contributed by atoms with E-state index >= 15 is 0 Å². The highest BCUT2D eigenvalue weighted by Crippen LogP contribution is 2.44. The summed E-state index contributed by atoms with van der Waals surface area (Å²) in [7, 11) is 0. The number of nitrogens with zero attached hydrogens (tertiary/aromatic N) is 2.